The number of phenolic OH excluding ortho intramolecular Hbond substituents is 1. The van der Waals surface area contributed by atoms with Gasteiger partial charge in [0.05, 0.1) is 6.20 Å². The van der Waals surface area contributed by atoms with Crippen LogP contribution in [0.4, 0.5) is 5.69 Å². The molecule has 8 nitrogen and oxygen atoms in total. The van der Waals surface area contributed by atoms with Crippen molar-refractivity contribution < 1.29 is 23.4 Å². The molecule has 9 heteroatoms. The van der Waals surface area contributed by atoms with Crippen molar-refractivity contribution in [1.82, 2.24) is 10.0 Å². The highest BCUT2D eigenvalue weighted by molar-refractivity contribution is 7.91. The van der Waals surface area contributed by atoms with Crippen LogP contribution in [-0.4, -0.2) is 30.6 Å². The summed E-state index contributed by atoms with van der Waals surface area (Å²) in [7, 11) is -3.96. The quantitative estimate of drug-likeness (QED) is 0.637. The van der Waals surface area contributed by atoms with Crippen LogP contribution in [0, 0.1) is 0 Å². The molecule has 0 aromatic heterocycles. The predicted molar refractivity (Wildman–Crippen MR) is 89.7 cm³/mol. The van der Waals surface area contributed by atoms with Gasteiger partial charge in [-0.3, -0.25) is 4.79 Å². The molecule has 1 aliphatic rings. The fourth-order valence-corrected chi connectivity index (χ4v) is 3.46. The van der Waals surface area contributed by atoms with Gasteiger partial charge in [-0.1, -0.05) is 13.0 Å². The fraction of sp³-hybridized carbons (Fsp3) is 0.400. The third-order valence-corrected chi connectivity index (χ3v) is 4.77. The molecule has 1 aromatic carbocycles. The van der Waals surface area contributed by atoms with Crippen LogP contribution in [0.25, 0.3) is 0 Å². The van der Waals surface area contributed by atoms with E-state index in [4.69, 9.17) is 0 Å². The number of carbonyl (C=O) groups excluding carboxylic acids is 1. The summed E-state index contributed by atoms with van der Waals surface area (Å²) in [5, 5.41) is 22.3. The summed E-state index contributed by atoms with van der Waals surface area (Å²) in [6.45, 7) is 5.58. The van der Waals surface area contributed by atoms with Gasteiger partial charge in [0, 0.05) is 12.5 Å². The van der Waals surface area contributed by atoms with E-state index in [2.05, 4.69) is 5.32 Å². The summed E-state index contributed by atoms with van der Waals surface area (Å²) in [5.74, 6) is -1.04. The number of nitrogens with zero attached hydrogens (tertiary/aromatic N) is 1. The number of anilines is 1. The monoisotopic (exact) mass is 355 g/mol. The van der Waals surface area contributed by atoms with E-state index in [9.17, 15) is 23.4 Å². The number of nitrogens with one attached hydrogen (secondary N) is 2. The van der Waals surface area contributed by atoms with Crippen LogP contribution >= 0.6 is 0 Å². The molecule has 0 saturated heterocycles. The van der Waals surface area contributed by atoms with E-state index in [0.717, 1.165) is 10.5 Å². The second-order valence-electron chi connectivity index (χ2n) is 5.99. The topological polar surface area (TPSA) is 119 Å². The second-order valence-corrected chi connectivity index (χ2v) is 7.54. The third-order valence-electron chi connectivity index (χ3n) is 3.48. The number of phenols is 1. The zero-order valence-corrected chi connectivity index (χ0v) is 14.5. The van der Waals surface area contributed by atoms with Crippen LogP contribution in [0.5, 0.6) is 5.75 Å². The molecule has 1 amide bonds. The summed E-state index contributed by atoms with van der Waals surface area (Å²) in [4.78, 5) is 11.8. The van der Waals surface area contributed by atoms with Crippen molar-refractivity contribution in [3.8, 4) is 5.75 Å². The number of rotatable bonds is 5. The molecule has 1 aromatic rings. The van der Waals surface area contributed by atoms with Gasteiger partial charge < -0.3 is 15.5 Å². The average Bonchev–Trinajstić information content (AvgIpc) is 2.70. The number of carbonyl (C=O) groups is 1. The Morgan fingerprint density at radius 3 is 2.46 bits per heavy atom. The van der Waals surface area contributed by atoms with Gasteiger partial charge in [0.2, 0.25) is 11.8 Å². The predicted octanol–water partition coefficient (Wildman–Crippen LogP) is 1.42. The molecular formula is C15H21N3O5S. The van der Waals surface area contributed by atoms with Crippen molar-refractivity contribution in [2.75, 3.05) is 4.31 Å². The first-order chi connectivity index (χ1) is 11.1. The Balaban J connectivity index is 2.20. The van der Waals surface area contributed by atoms with Gasteiger partial charge >= 0.3 is 10.2 Å². The number of aliphatic hydroxyl groups is 1. The zero-order chi connectivity index (χ0) is 18.1. The van der Waals surface area contributed by atoms with E-state index in [1.807, 2.05) is 25.5 Å². The fourth-order valence-electron chi connectivity index (χ4n) is 2.40. The number of aromatic hydroxyl groups is 1. The van der Waals surface area contributed by atoms with Gasteiger partial charge in [-0.15, -0.1) is 0 Å². The maximum atomic E-state index is 11.8. The van der Waals surface area contributed by atoms with Gasteiger partial charge in [-0.25, -0.2) is 9.03 Å². The van der Waals surface area contributed by atoms with Crippen LogP contribution in [0.2, 0.25) is 0 Å². The first-order valence-corrected chi connectivity index (χ1v) is 8.89. The van der Waals surface area contributed by atoms with E-state index in [1.54, 1.807) is 6.07 Å². The zero-order valence-electron chi connectivity index (χ0n) is 13.6. The van der Waals surface area contributed by atoms with Crippen LogP contribution in [-0.2, 0) is 15.0 Å². The molecule has 2 rings (SSSR count). The third kappa shape index (κ3) is 3.91. The molecule has 132 valence electrons. The highest BCUT2D eigenvalue weighted by Gasteiger charge is 2.30. The maximum Gasteiger partial charge on any atom is 0.330 e. The van der Waals surface area contributed by atoms with E-state index in [1.165, 1.54) is 12.1 Å². The minimum absolute atomic E-state index is 0.00846. The van der Waals surface area contributed by atoms with Gasteiger partial charge in [0.15, 0.2) is 0 Å². The van der Waals surface area contributed by atoms with Gasteiger partial charge in [-0.05, 0) is 37.5 Å². The first kappa shape index (κ1) is 17.9. The minimum Gasteiger partial charge on any atom is -0.506 e. The Labute approximate surface area is 141 Å². The van der Waals surface area contributed by atoms with Crippen molar-refractivity contribution in [1.29, 1.82) is 0 Å². The number of hydrogen-bond acceptors (Lipinski definition) is 5. The lowest BCUT2D eigenvalue weighted by Gasteiger charge is -2.18. The molecule has 0 saturated carbocycles. The SMILES string of the molecule is CC(C)NC(=O)CC(C)c1ccc(N2C=C(O)NS2(=O)=O)c(O)c1. The Kier molecular flexibility index (Phi) is 4.93. The van der Waals surface area contributed by atoms with E-state index >= 15 is 0 Å². The highest BCUT2D eigenvalue weighted by atomic mass is 32.2. The van der Waals surface area contributed by atoms with Crippen LogP contribution in [0.15, 0.2) is 30.3 Å². The van der Waals surface area contributed by atoms with Crippen LogP contribution in [0.3, 0.4) is 0 Å². The molecule has 0 radical (unpaired) electrons. The summed E-state index contributed by atoms with van der Waals surface area (Å²) in [6, 6.07) is 4.53. The van der Waals surface area contributed by atoms with Crippen molar-refractivity contribution in [2.24, 2.45) is 0 Å². The number of amides is 1. The number of aliphatic hydroxyl groups excluding tert-OH is 1. The Hall–Kier alpha value is -2.42. The lowest BCUT2D eigenvalue weighted by molar-refractivity contribution is -0.121. The molecule has 1 unspecified atom stereocenters. The number of hydrogen-bond donors (Lipinski definition) is 4. The smallest absolute Gasteiger partial charge is 0.330 e. The molecule has 0 aliphatic carbocycles. The normalized spacial score (nSPS) is 17.3. The largest absolute Gasteiger partial charge is 0.506 e. The van der Waals surface area contributed by atoms with E-state index in [-0.39, 0.29) is 35.7 Å². The summed E-state index contributed by atoms with van der Waals surface area (Å²) < 4.78 is 26.3. The second kappa shape index (κ2) is 6.60. The standard InChI is InChI=1S/C15H21N3O5S/c1-9(2)16-14(20)6-10(3)11-4-5-12(13(19)7-11)18-8-15(21)17-24(18,22)23/h4-5,7-10,17,19,21H,6H2,1-3H3,(H,16,20). The first-order valence-electron chi connectivity index (χ1n) is 7.45. The summed E-state index contributed by atoms with van der Waals surface area (Å²) >= 11 is 0. The van der Waals surface area contributed by atoms with Gasteiger partial charge in [-0.2, -0.15) is 8.42 Å². The summed E-state index contributed by atoms with van der Waals surface area (Å²) in [5.41, 5.74) is 0.710. The van der Waals surface area contributed by atoms with E-state index < -0.39 is 16.1 Å². The molecule has 24 heavy (non-hydrogen) atoms. The Bertz CT molecular complexity index is 773. The molecule has 0 bridgehead atoms. The van der Waals surface area contributed by atoms with Gasteiger partial charge in [0.25, 0.3) is 0 Å². The lowest BCUT2D eigenvalue weighted by atomic mass is 9.96. The summed E-state index contributed by atoms with van der Waals surface area (Å²) in [6.07, 6.45) is 1.21. The van der Waals surface area contributed by atoms with Crippen molar-refractivity contribution >= 4 is 21.8 Å². The molecule has 1 atom stereocenters. The van der Waals surface area contributed by atoms with Crippen LogP contribution in [0.1, 0.15) is 38.7 Å². The maximum absolute atomic E-state index is 11.8. The molecule has 0 fully saturated rings. The van der Waals surface area contributed by atoms with Crippen molar-refractivity contribution in [3.05, 3.63) is 35.8 Å². The Morgan fingerprint density at radius 2 is 1.96 bits per heavy atom. The van der Waals surface area contributed by atoms with Crippen molar-refractivity contribution in [3.63, 3.8) is 0 Å². The average molecular weight is 355 g/mol. The molecule has 1 aliphatic heterocycles. The minimum atomic E-state index is -3.96. The van der Waals surface area contributed by atoms with Crippen LogP contribution < -0.4 is 14.3 Å². The molecular weight excluding hydrogens is 334 g/mol. The number of benzene rings is 1. The highest BCUT2D eigenvalue weighted by Crippen LogP contribution is 2.34. The van der Waals surface area contributed by atoms with E-state index in [0.29, 0.717) is 5.56 Å². The Morgan fingerprint density at radius 1 is 1.29 bits per heavy atom. The molecule has 0 spiro atoms. The lowest BCUT2D eigenvalue weighted by Crippen LogP contribution is -2.30. The van der Waals surface area contributed by atoms with Crippen molar-refractivity contribution in [2.45, 2.75) is 39.2 Å². The molecule has 4 N–H and O–H groups in total. The van der Waals surface area contributed by atoms with Gasteiger partial charge in [0.1, 0.15) is 11.4 Å². The molecule has 1 heterocycles.